The first-order valence-electron chi connectivity index (χ1n) is 23.4. The number of carbonyl (C=O) groups excluding carboxylic acids is 6. The second kappa shape index (κ2) is 24.1. The molecule has 0 aliphatic carbocycles. The summed E-state index contributed by atoms with van der Waals surface area (Å²) in [6, 6.07) is 19.3. The summed E-state index contributed by atoms with van der Waals surface area (Å²) in [6.07, 6.45) is -8.87. The van der Waals surface area contributed by atoms with Crippen molar-refractivity contribution >= 4 is 47.2 Å². The minimum atomic E-state index is -4.78. The molecule has 23 heteroatoms. The Kier molecular flexibility index (Phi) is 17.9. The first-order valence-corrected chi connectivity index (χ1v) is 23.4. The first-order chi connectivity index (χ1) is 36.0. The molecule has 4 aromatic carbocycles. The molecule has 17 nitrogen and oxygen atoms in total. The highest BCUT2D eigenvalue weighted by molar-refractivity contribution is 6.07. The molecule has 0 bridgehead atoms. The van der Waals surface area contributed by atoms with Crippen LogP contribution in [0.5, 0.6) is 0 Å². The van der Waals surface area contributed by atoms with Crippen molar-refractivity contribution in [2.45, 2.75) is 51.1 Å². The standard InChI is InChI=1S/C53H51F6N9O8/c1-32-44(46(36-18-14-34(28-60)15-19-36)65(30-42(69)75-4)50(73)67(32)40-12-6-10-38(26-40)52(54,55)56)48(71)62-22-8-24-64(3)25-9-23-63-49(72)45-33(2)68(41-13-7-11-39(27-41)53(57,58)59)51(74)66(31-43(70)76-5)47(45)37-20-16-35(29-61)17-21-37/h6-7,10-21,26-27,46-47H,8-9,22-25,30-31H2,1-5H3,(H,62,71)(H,63,72)/t46-,47-/m1/s1. The molecule has 2 N–H and O–H groups in total. The number of alkyl halides is 6. The van der Waals surface area contributed by atoms with Crippen LogP contribution in [-0.4, -0.2) is 111 Å². The number of urea groups is 2. The highest BCUT2D eigenvalue weighted by Crippen LogP contribution is 2.43. The number of amides is 6. The lowest BCUT2D eigenvalue weighted by molar-refractivity contribution is -0.142. The molecule has 76 heavy (non-hydrogen) atoms. The molecule has 6 rings (SSSR count). The largest absolute Gasteiger partial charge is 0.468 e. The van der Waals surface area contributed by atoms with Gasteiger partial charge in [-0.05, 0) is 119 Å². The van der Waals surface area contributed by atoms with Gasteiger partial charge in [-0.3, -0.25) is 29.0 Å². The zero-order valence-corrected chi connectivity index (χ0v) is 41.7. The van der Waals surface area contributed by atoms with Gasteiger partial charge in [-0.15, -0.1) is 0 Å². The lowest BCUT2D eigenvalue weighted by Crippen LogP contribution is -2.53. The van der Waals surface area contributed by atoms with Gasteiger partial charge < -0.3 is 34.8 Å². The average molecular weight is 1060 g/mol. The van der Waals surface area contributed by atoms with E-state index in [2.05, 4.69) is 10.6 Å². The lowest BCUT2D eigenvalue weighted by atomic mass is 9.91. The summed E-state index contributed by atoms with van der Waals surface area (Å²) >= 11 is 0. The van der Waals surface area contributed by atoms with Crippen LogP contribution in [0, 0.1) is 22.7 Å². The van der Waals surface area contributed by atoms with Crippen molar-refractivity contribution in [2.24, 2.45) is 0 Å². The van der Waals surface area contributed by atoms with E-state index in [0.717, 1.165) is 70.2 Å². The SMILES string of the molecule is COC(=O)CN1C(=O)N(c2cccc(C(F)(F)F)c2)C(C)=C(C(=O)NCCCN(C)CCCNC(=O)C2=C(C)N(c3cccc(C(F)(F)F)c3)C(=O)N(CC(=O)OC)[C@@H]2c2ccc(C#N)cc2)[C@H]1c1ccc(C#N)cc1. The summed E-state index contributed by atoms with van der Waals surface area (Å²) in [6.45, 7) is 2.27. The Hall–Kier alpha value is -8.70. The van der Waals surface area contributed by atoms with Crippen molar-refractivity contribution in [1.82, 2.24) is 25.3 Å². The molecule has 398 valence electrons. The Bertz CT molecular complexity index is 2820. The van der Waals surface area contributed by atoms with Gasteiger partial charge in [-0.2, -0.15) is 36.9 Å². The zero-order chi connectivity index (χ0) is 55.6. The number of halogens is 6. The molecule has 2 aliphatic heterocycles. The van der Waals surface area contributed by atoms with Crippen molar-refractivity contribution in [3.05, 3.63) is 153 Å². The Balaban J connectivity index is 1.19. The van der Waals surface area contributed by atoms with E-state index in [9.17, 15) is 65.6 Å². The maximum absolute atomic E-state index is 14.4. The van der Waals surface area contributed by atoms with Gasteiger partial charge in [0, 0.05) is 24.5 Å². The van der Waals surface area contributed by atoms with Crippen LogP contribution in [0.3, 0.4) is 0 Å². The number of carbonyl (C=O) groups is 6. The number of esters is 2. The van der Waals surface area contributed by atoms with Gasteiger partial charge in [0.05, 0.1) is 83.2 Å². The number of benzene rings is 4. The lowest BCUT2D eigenvalue weighted by Gasteiger charge is -2.42. The summed E-state index contributed by atoms with van der Waals surface area (Å²) in [5.41, 5.74) is -1.63. The summed E-state index contributed by atoms with van der Waals surface area (Å²) in [5.74, 6) is -3.18. The van der Waals surface area contributed by atoms with E-state index in [0.29, 0.717) is 37.1 Å². The monoisotopic (exact) mass is 1060 g/mol. The molecule has 0 fully saturated rings. The summed E-state index contributed by atoms with van der Waals surface area (Å²) in [7, 11) is 3.95. The fraction of sp³-hybridized carbons (Fsp3) is 0.321. The van der Waals surface area contributed by atoms with Gasteiger partial charge in [0.15, 0.2) is 0 Å². The molecule has 2 aliphatic rings. The number of allylic oxidation sites excluding steroid dienone is 2. The third-order valence-electron chi connectivity index (χ3n) is 12.6. The molecule has 0 saturated carbocycles. The Labute approximate surface area is 433 Å². The van der Waals surface area contributed by atoms with E-state index in [1.165, 1.54) is 74.5 Å². The van der Waals surface area contributed by atoms with Crippen LogP contribution in [0.4, 0.5) is 47.3 Å². The van der Waals surface area contributed by atoms with Crippen molar-refractivity contribution in [3.8, 4) is 12.1 Å². The number of methoxy groups -OCH3 is 2. The second-order valence-corrected chi connectivity index (χ2v) is 17.5. The van der Waals surface area contributed by atoms with Gasteiger partial charge >= 0.3 is 36.4 Å². The maximum atomic E-state index is 14.4. The maximum Gasteiger partial charge on any atom is 0.416 e. The van der Waals surface area contributed by atoms with Crippen LogP contribution in [0.2, 0.25) is 0 Å². The highest BCUT2D eigenvalue weighted by Gasteiger charge is 2.46. The number of anilines is 2. The van der Waals surface area contributed by atoms with Gasteiger partial charge in [0.2, 0.25) is 0 Å². The zero-order valence-electron chi connectivity index (χ0n) is 41.7. The molecule has 0 saturated heterocycles. The van der Waals surface area contributed by atoms with Crippen LogP contribution in [0.15, 0.2) is 120 Å². The minimum Gasteiger partial charge on any atom is -0.468 e. The molecular formula is C53H51F6N9O8. The van der Waals surface area contributed by atoms with Crippen LogP contribution in [0.25, 0.3) is 0 Å². The molecule has 0 aromatic heterocycles. The van der Waals surface area contributed by atoms with E-state index in [4.69, 9.17) is 9.47 Å². The van der Waals surface area contributed by atoms with E-state index >= 15 is 0 Å². The predicted molar refractivity (Wildman–Crippen MR) is 262 cm³/mol. The first kappa shape index (κ1) is 56.6. The van der Waals surface area contributed by atoms with E-state index in [-0.39, 0.29) is 58.1 Å². The molecule has 6 amide bonds. The van der Waals surface area contributed by atoms with Gasteiger partial charge in [0.25, 0.3) is 11.8 Å². The highest BCUT2D eigenvalue weighted by atomic mass is 19.4. The number of ether oxygens (including phenoxy) is 2. The minimum absolute atomic E-state index is 0.0231. The topological polar surface area (TPSA) is 209 Å². The van der Waals surface area contributed by atoms with Crippen molar-refractivity contribution in [1.29, 1.82) is 10.5 Å². The van der Waals surface area contributed by atoms with E-state index < -0.39 is 84.5 Å². The van der Waals surface area contributed by atoms with Crippen LogP contribution in [0.1, 0.15) is 72.2 Å². The third-order valence-corrected chi connectivity index (χ3v) is 12.6. The molecule has 0 spiro atoms. The average Bonchev–Trinajstić information content (AvgIpc) is 3.41. The summed E-state index contributed by atoms with van der Waals surface area (Å²) in [5, 5.41) is 24.6. The number of hydrogen-bond donors (Lipinski definition) is 2. The quantitative estimate of drug-likeness (QED) is 0.0555. The predicted octanol–water partition coefficient (Wildman–Crippen LogP) is 7.97. The molecule has 0 radical (unpaired) electrons. The van der Waals surface area contributed by atoms with Crippen molar-refractivity contribution < 1.29 is 64.6 Å². The third kappa shape index (κ3) is 12.8. The molecule has 2 atom stereocenters. The smallest absolute Gasteiger partial charge is 0.416 e. The molecular weight excluding hydrogens is 1000 g/mol. The van der Waals surface area contributed by atoms with Crippen molar-refractivity contribution in [2.75, 3.05) is 70.3 Å². The van der Waals surface area contributed by atoms with Gasteiger partial charge in [0.1, 0.15) is 13.1 Å². The van der Waals surface area contributed by atoms with Gasteiger partial charge in [-0.1, -0.05) is 36.4 Å². The summed E-state index contributed by atoms with van der Waals surface area (Å²) < 4.78 is 93.1. The van der Waals surface area contributed by atoms with Crippen LogP contribution < -0.4 is 20.4 Å². The number of hydrogen-bond acceptors (Lipinski definition) is 11. The van der Waals surface area contributed by atoms with Gasteiger partial charge in [-0.25, -0.2) is 9.59 Å². The molecule has 2 heterocycles. The Morgan fingerprint density at radius 1 is 0.605 bits per heavy atom. The molecule has 0 unspecified atom stereocenters. The fourth-order valence-corrected chi connectivity index (χ4v) is 8.84. The number of nitrogens with one attached hydrogen (secondary N) is 2. The number of nitriles is 2. The Morgan fingerprint density at radius 3 is 1.28 bits per heavy atom. The summed E-state index contributed by atoms with van der Waals surface area (Å²) in [4.78, 5) is 88.7. The number of nitrogens with zero attached hydrogens (tertiary/aromatic N) is 7. The normalized spacial score (nSPS) is 16.1. The molecule has 4 aromatic rings. The number of rotatable bonds is 18. The van der Waals surface area contributed by atoms with Crippen LogP contribution in [-0.2, 0) is 41.0 Å². The van der Waals surface area contributed by atoms with E-state index in [1.807, 2.05) is 17.0 Å². The van der Waals surface area contributed by atoms with E-state index in [1.54, 1.807) is 7.05 Å². The second-order valence-electron chi connectivity index (χ2n) is 17.5. The Morgan fingerprint density at radius 2 is 0.961 bits per heavy atom. The van der Waals surface area contributed by atoms with Crippen molar-refractivity contribution in [3.63, 3.8) is 0 Å². The fourth-order valence-electron chi connectivity index (χ4n) is 8.84. The van der Waals surface area contributed by atoms with Crippen LogP contribution >= 0.6 is 0 Å².